The Morgan fingerprint density at radius 2 is 2.11 bits per heavy atom. The van der Waals surface area contributed by atoms with Crippen molar-refractivity contribution < 1.29 is 14.0 Å². The number of carbonyl (C=O) groups is 2. The summed E-state index contributed by atoms with van der Waals surface area (Å²) in [5.41, 5.74) is 0.444. The minimum Gasteiger partial charge on any atom is -0.326 e. The molecule has 10 heteroatoms. The Morgan fingerprint density at radius 3 is 2.79 bits per heavy atom. The highest BCUT2D eigenvalue weighted by molar-refractivity contribution is 5.94. The Balaban J connectivity index is 1.87. The molecule has 1 aromatic carbocycles. The average Bonchev–Trinajstić information content (AvgIpc) is 3.04. The van der Waals surface area contributed by atoms with Gasteiger partial charge in [-0.2, -0.15) is 5.26 Å². The first-order chi connectivity index (χ1) is 13.3. The number of hydrogen-bond acceptors (Lipinski definition) is 5. The van der Waals surface area contributed by atoms with Crippen LogP contribution in [0.2, 0.25) is 0 Å². The van der Waals surface area contributed by atoms with E-state index in [2.05, 4.69) is 20.7 Å². The fourth-order valence-electron chi connectivity index (χ4n) is 2.70. The van der Waals surface area contributed by atoms with Crippen LogP contribution in [-0.2, 0) is 16.0 Å². The summed E-state index contributed by atoms with van der Waals surface area (Å²) < 4.78 is 15.0. The molecular formula is C18H15FN6O3. The van der Waals surface area contributed by atoms with Crippen molar-refractivity contribution in [3.8, 4) is 6.07 Å². The molecule has 0 unspecified atom stereocenters. The molecule has 0 fully saturated rings. The maximum absolute atomic E-state index is 14.0. The molecule has 9 nitrogen and oxygen atoms in total. The van der Waals surface area contributed by atoms with Gasteiger partial charge >= 0.3 is 0 Å². The molecule has 0 atom stereocenters. The van der Waals surface area contributed by atoms with Gasteiger partial charge in [-0.05, 0) is 25.1 Å². The molecule has 0 spiro atoms. The van der Waals surface area contributed by atoms with Crippen LogP contribution in [0.3, 0.4) is 0 Å². The number of fused-ring (bicyclic) bond motifs is 1. The lowest BCUT2D eigenvalue weighted by molar-refractivity contribution is -0.116. The fraction of sp³-hybridized carbons (Fsp3) is 0.167. The summed E-state index contributed by atoms with van der Waals surface area (Å²) in [5, 5.41) is 16.5. The minimum absolute atomic E-state index is 0.111. The van der Waals surface area contributed by atoms with E-state index >= 15 is 0 Å². The van der Waals surface area contributed by atoms with E-state index in [9.17, 15) is 18.8 Å². The molecule has 0 saturated carbocycles. The van der Waals surface area contributed by atoms with Crippen molar-refractivity contribution in [2.45, 2.75) is 20.3 Å². The van der Waals surface area contributed by atoms with Crippen molar-refractivity contribution >= 4 is 28.8 Å². The van der Waals surface area contributed by atoms with Crippen LogP contribution < -0.4 is 16.2 Å². The number of amides is 2. The monoisotopic (exact) mass is 382 g/mol. The van der Waals surface area contributed by atoms with E-state index in [4.69, 9.17) is 5.26 Å². The van der Waals surface area contributed by atoms with Gasteiger partial charge in [0, 0.05) is 30.1 Å². The molecule has 3 rings (SSSR count). The van der Waals surface area contributed by atoms with Gasteiger partial charge in [0.2, 0.25) is 11.8 Å². The maximum Gasteiger partial charge on any atom is 0.276 e. The molecule has 2 aromatic heterocycles. The molecule has 2 heterocycles. The number of rotatable bonds is 4. The molecule has 28 heavy (non-hydrogen) atoms. The predicted molar refractivity (Wildman–Crippen MR) is 98.3 cm³/mol. The van der Waals surface area contributed by atoms with Gasteiger partial charge in [0.25, 0.3) is 5.56 Å². The smallest absolute Gasteiger partial charge is 0.276 e. The second-order valence-corrected chi connectivity index (χ2v) is 6.04. The molecule has 0 aliphatic rings. The van der Waals surface area contributed by atoms with Gasteiger partial charge in [-0.25, -0.2) is 13.9 Å². The zero-order valence-electron chi connectivity index (χ0n) is 15.0. The molecule has 3 N–H and O–H groups in total. The number of nitrogens with one attached hydrogen (secondary N) is 3. The van der Waals surface area contributed by atoms with Crippen LogP contribution in [0.25, 0.3) is 5.65 Å². The topological polar surface area (TPSA) is 132 Å². The van der Waals surface area contributed by atoms with Crippen molar-refractivity contribution in [1.29, 1.82) is 5.26 Å². The van der Waals surface area contributed by atoms with E-state index in [-0.39, 0.29) is 34.8 Å². The van der Waals surface area contributed by atoms with Crippen LogP contribution in [0, 0.1) is 24.1 Å². The molecule has 0 saturated heterocycles. The third kappa shape index (κ3) is 3.59. The summed E-state index contributed by atoms with van der Waals surface area (Å²) in [4.78, 5) is 40.3. The molecular weight excluding hydrogens is 367 g/mol. The summed E-state index contributed by atoms with van der Waals surface area (Å²) in [5.74, 6) is -1.66. The Morgan fingerprint density at radius 1 is 1.36 bits per heavy atom. The van der Waals surface area contributed by atoms with Crippen molar-refractivity contribution in [3.63, 3.8) is 0 Å². The van der Waals surface area contributed by atoms with Gasteiger partial charge < -0.3 is 10.6 Å². The second kappa shape index (κ2) is 7.32. The maximum atomic E-state index is 14.0. The summed E-state index contributed by atoms with van der Waals surface area (Å²) in [6.45, 7) is 2.86. The van der Waals surface area contributed by atoms with Gasteiger partial charge in [0.1, 0.15) is 17.4 Å². The number of nitrogens with zero attached hydrogens (tertiary/aromatic N) is 3. The highest BCUT2D eigenvalue weighted by Gasteiger charge is 2.17. The second-order valence-electron chi connectivity index (χ2n) is 6.04. The number of nitriles is 1. The van der Waals surface area contributed by atoms with E-state index < -0.39 is 17.3 Å². The van der Waals surface area contributed by atoms with E-state index in [1.165, 1.54) is 25.3 Å². The minimum atomic E-state index is -0.687. The Hall–Kier alpha value is -4.00. The summed E-state index contributed by atoms with van der Waals surface area (Å²) in [6.07, 6.45) is 1.00. The highest BCUT2D eigenvalue weighted by atomic mass is 19.1. The van der Waals surface area contributed by atoms with Crippen LogP contribution in [0.5, 0.6) is 0 Å². The first-order valence-electron chi connectivity index (χ1n) is 8.17. The number of benzene rings is 1. The number of aryl methyl sites for hydroxylation is 1. The lowest BCUT2D eigenvalue weighted by atomic mass is 10.1. The number of carbonyl (C=O) groups excluding carboxylic acids is 2. The number of aromatic amines is 1. The molecule has 0 bridgehead atoms. The Bertz CT molecular complexity index is 1200. The summed E-state index contributed by atoms with van der Waals surface area (Å²) in [7, 11) is 0. The number of anilines is 2. The van der Waals surface area contributed by atoms with Gasteiger partial charge in [-0.15, -0.1) is 0 Å². The van der Waals surface area contributed by atoms with Crippen LogP contribution in [-0.4, -0.2) is 26.4 Å². The largest absolute Gasteiger partial charge is 0.326 e. The van der Waals surface area contributed by atoms with Crippen molar-refractivity contribution in [3.05, 3.63) is 57.4 Å². The van der Waals surface area contributed by atoms with Gasteiger partial charge in [-0.1, -0.05) is 0 Å². The van der Waals surface area contributed by atoms with Crippen LogP contribution >= 0.6 is 0 Å². The van der Waals surface area contributed by atoms with Crippen LogP contribution in [0.15, 0.2) is 29.2 Å². The number of hydrogen-bond donors (Lipinski definition) is 3. The standard InChI is InChI=1S/C18H15FN6O3/c1-9-13(18(28)25-17(22-9)11(7-20)8-21-25)6-16(27)24-15-5-12(23-10(2)26)3-4-14(15)19/h3-5,8,21H,6H2,1-2H3,(H,23,26)(H,24,27). The van der Waals surface area contributed by atoms with Crippen molar-refractivity contribution in [1.82, 2.24) is 14.6 Å². The lowest BCUT2D eigenvalue weighted by Crippen LogP contribution is -2.26. The molecule has 2 amide bonds. The molecule has 0 aliphatic carbocycles. The summed E-state index contributed by atoms with van der Waals surface area (Å²) >= 11 is 0. The first-order valence-corrected chi connectivity index (χ1v) is 8.17. The fourth-order valence-corrected chi connectivity index (χ4v) is 2.70. The van der Waals surface area contributed by atoms with Gasteiger partial charge in [0.05, 0.1) is 12.1 Å². The lowest BCUT2D eigenvalue weighted by Gasteiger charge is -2.10. The van der Waals surface area contributed by atoms with E-state index in [1.54, 1.807) is 6.92 Å². The van der Waals surface area contributed by atoms with E-state index in [0.717, 1.165) is 10.6 Å². The first kappa shape index (κ1) is 18.8. The van der Waals surface area contributed by atoms with Gasteiger partial charge in [-0.3, -0.25) is 19.5 Å². The zero-order chi connectivity index (χ0) is 20.4. The summed E-state index contributed by atoms with van der Waals surface area (Å²) in [6, 6.07) is 5.66. The average molecular weight is 382 g/mol. The number of H-pyrrole nitrogens is 1. The van der Waals surface area contributed by atoms with E-state index in [1.807, 2.05) is 6.07 Å². The molecule has 0 aliphatic heterocycles. The predicted octanol–water partition coefficient (Wildman–Crippen LogP) is 1.48. The van der Waals surface area contributed by atoms with Crippen LogP contribution in [0.1, 0.15) is 23.7 Å². The molecule has 0 radical (unpaired) electrons. The normalized spacial score (nSPS) is 10.5. The molecule has 142 valence electrons. The van der Waals surface area contributed by atoms with Crippen molar-refractivity contribution in [2.24, 2.45) is 0 Å². The zero-order valence-corrected chi connectivity index (χ0v) is 15.0. The number of halogens is 1. The molecule has 3 aromatic rings. The van der Waals surface area contributed by atoms with E-state index in [0.29, 0.717) is 11.4 Å². The highest BCUT2D eigenvalue weighted by Crippen LogP contribution is 2.20. The Kier molecular flexibility index (Phi) is 4.91. The third-order valence-electron chi connectivity index (χ3n) is 3.98. The van der Waals surface area contributed by atoms with Crippen molar-refractivity contribution in [2.75, 3.05) is 10.6 Å². The number of aromatic nitrogens is 3. The SMILES string of the molecule is CC(=O)Nc1ccc(F)c(NC(=O)Cc2c(C)nc3c(C#N)c[nH]n3c2=O)c1. The third-order valence-corrected chi connectivity index (χ3v) is 3.98. The van der Waals surface area contributed by atoms with Gasteiger partial charge in [0.15, 0.2) is 5.65 Å². The van der Waals surface area contributed by atoms with Crippen LogP contribution in [0.4, 0.5) is 15.8 Å². The quantitative estimate of drug-likeness (QED) is 0.629. The Labute approximate surface area is 157 Å².